The molecule has 2 aromatic carbocycles. The van der Waals surface area contributed by atoms with Gasteiger partial charge < -0.3 is 24.4 Å². The summed E-state index contributed by atoms with van der Waals surface area (Å²) in [5.41, 5.74) is 1.49. The third-order valence-electron chi connectivity index (χ3n) is 5.25. The minimum atomic E-state index is -0.621. The molecule has 7 heteroatoms. The van der Waals surface area contributed by atoms with Crippen LogP contribution >= 0.6 is 0 Å². The second-order valence-electron chi connectivity index (χ2n) is 8.97. The van der Waals surface area contributed by atoms with E-state index in [0.717, 1.165) is 16.9 Å². The fourth-order valence-electron chi connectivity index (χ4n) is 3.42. The van der Waals surface area contributed by atoms with E-state index >= 15 is 0 Å². The van der Waals surface area contributed by atoms with Gasteiger partial charge in [-0.2, -0.15) is 0 Å². The van der Waals surface area contributed by atoms with Gasteiger partial charge in [-0.3, -0.25) is 9.59 Å². The molecule has 0 spiro atoms. The number of rotatable bonds is 10. The Kier molecular flexibility index (Phi) is 9.14. The lowest BCUT2D eigenvalue weighted by Gasteiger charge is -2.31. The van der Waals surface area contributed by atoms with E-state index < -0.39 is 6.04 Å². The van der Waals surface area contributed by atoms with Gasteiger partial charge in [-0.15, -0.1) is 0 Å². The monoisotopic (exact) mass is 456 g/mol. The first-order valence-corrected chi connectivity index (χ1v) is 11.0. The van der Waals surface area contributed by atoms with Gasteiger partial charge in [0.1, 0.15) is 11.8 Å². The van der Waals surface area contributed by atoms with Crippen molar-refractivity contribution in [1.82, 2.24) is 10.2 Å². The fraction of sp³-hybridized carbons (Fsp3) is 0.462. The van der Waals surface area contributed by atoms with E-state index in [1.54, 1.807) is 33.2 Å². The van der Waals surface area contributed by atoms with Crippen LogP contribution in [0.3, 0.4) is 0 Å². The Balaban J connectivity index is 2.19. The molecule has 2 aromatic rings. The molecule has 7 nitrogen and oxygen atoms in total. The van der Waals surface area contributed by atoms with E-state index in [-0.39, 0.29) is 23.8 Å². The van der Waals surface area contributed by atoms with Crippen LogP contribution in [0.2, 0.25) is 0 Å². The molecule has 0 aliphatic carbocycles. The smallest absolute Gasteiger partial charge is 0.242 e. The van der Waals surface area contributed by atoms with Gasteiger partial charge in [-0.05, 0) is 69.5 Å². The summed E-state index contributed by atoms with van der Waals surface area (Å²) in [7, 11) is 4.78. The Morgan fingerprint density at radius 1 is 0.909 bits per heavy atom. The summed E-state index contributed by atoms with van der Waals surface area (Å²) in [6.45, 7) is 7.85. The average Bonchev–Trinajstić information content (AvgIpc) is 2.79. The number of hydrogen-bond donors (Lipinski definition) is 1. The molecule has 0 saturated carbocycles. The molecule has 2 amide bonds. The zero-order valence-corrected chi connectivity index (χ0v) is 20.7. The van der Waals surface area contributed by atoms with Crippen LogP contribution in [0.4, 0.5) is 0 Å². The number of ether oxygens (including phenoxy) is 3. The molecular formula is C26H36N2O5. The highest BCUT2D eigenvalue weighted by Gasteiger charge is 2.28. The summed E-state index contributed by atoms with van der Waals surface area (Å²) >= 11 is 0. The standard InChI is InChI=1S/C26H36N2O5/c1-18(25(30)27-26(2,3)4)28(17-20-8-12-21(31-5)13-9-20)24(29)15-11-19-10-14-22(32-6)23(16-19)33-7/h8-10,12-14,16,18H,11,15,17H2,1-7H3,(H,27,30). The van der Waals surface area contributed by atoms with Crippen LogP contribution in [-0.2, 0) is 22.6 Å². The predicted octanol–water partition coefficient (Wildman–Crippen LogP) is 3.98. The molecule has 0 aromatic heterocycles. The van der Waals surface area contributed by atoms with Crippen molar-refractivity contribution in [2.75, 3.05) is 21.3 Å². The number of carbonyl (C=O) groups excluding carboxylic acids is 2. The Bertz CT molecular complexity index is 935. The largest absolute Gasteiger partial charge is 0.497 e. The zero-order valence-electron chi connectivity index (χ0n) is 20.7. The minimum Gasteiger partial charge on any atom is -0.497 e. The molecule has 0 bridgehead atoms. The highest BCUT2D eigenvalue weighted by atomic mass is 16.5. The molecule has 0 heterocycles. The lowest BCUT2D eigenvalue weighted by atomic mass is 10.1. The highest BCUT2D eigenvalue weighted by molar-refractivity contribution is 5.87. The Morgan fingerprint density at radius 3 is 2.06 bits per heavy atom. The normalized spacial score (nSPS) is 12.0. The lowest BCUT2D eigenvalue weighted by Crippen LogP contribution is -2.52. The van der Waals surface area contributed by atoms with E-state index in [0.29, 0.717) is 24.5 Å². The van der Waals surface area contributed by atoms with Crippen molar-refractivity contribution in [3.63, 3.8) is 0 Å². The van der Waals surface area contributed by atoms with Gasteiger partial charge in [0, 0.05) is 18.5 Å². The molecule has 0 fully saturated rings. The van der Waals surface area contributed by atoms with Gasteiger partial charge in [0.05, 0.1) is 21.3 Å². The molecule has 1 N–H and O–H groups in total. The van der Waals surface area contributed by atoms with Crippen LogP contribution in [-0.4, -0.2) is 49.6 Å². The SMILES string of the molecule is COc1ccc(CN(C(=O)CCc2ccc(OC)c(OC)c2)C(C)C(=O)NC(C)(C)C)cc1. The van der Waals surface area contributed by atoms with Crippen molar-refractivity contribution in [3.8, 4) is 17.2 Å². The first kappa shape index (κ1) is 26.0. The molecule has 0 aliphatic heterocycles. The summed E-state index contributed by atoms with van der Waals surface area (Å²) in [6.07, 6.45) is 0.782. The second kappa shape index (κ2) is 11.6. The first-order valence-electron chi connectivity index (χ1n) is 11.0. The van der Waals surface area contributed by atoms with E-state index in [1.165, 1.54) is 0 Å². The molecular weight excluding hydrogens is 420 g/mol. The summed E-state index contributed by atoms with van der Waals surface area (Å²) < 4.78 is 15.9. The van der Waals surface area contributed by atoms with Gasteiger partial charge in [0.15, 0.2) is 11.5 Å². The van der Waals surface area contributed by atoms with Crippen LogP contribution < -0.4 is 19.5 Å². The van der Waals surface area contributed by atoms with Gasteiger partial charge in [-0.1, -0.05) is 18.2 Å². The Morgan fingerprint density at radius 2 is 1.52 bits per heavy atom. The number of nitrogens with zero attached hydrogens (tertiary/aromatic N) is 1. The van der Waals surface area contributed by atoms with Gasteiger partial charge in [0.25, 0.3) is 0 Å². The molecule has 180 valence electrons. The van der Waals surface area contributed by atoms with Gasteiger partial charge in [-0.25, -0.2) is 0 Å². The minimum absolute atomic E-state index is 0.0998. The number of methoxy groups -OCH3 is 3. The maximum atomic E-state index is 13.3. The highest BCUT2D eigenvalue weighted by Crippen LogP contribution is 2.28. The van der Waals surface area contributed by atoms with Crippen molar-refractivity contribution < 1.29 is 23.8 Å². The van der Waals surface area contributed by atoms with E-state index in [9.17, 15) is 9.59 Å². The average molecular weight is 457 g/mol. The molecule has 1 unspecified atom stereocenters. The predicted molar refractivity (Wildman–Crippen MR) is 129 cm³/mol. The lowest BCUT2D eigenvalue weighted by molar-refractivity contribution is -0.141. The number of amides is 2. The summed E-state index contributed by atoms with van der Waals surface area (Å²) in [5, 5.41) is 2.98. The van der Waals surface area contributed by atoms with Crippen molar-refractivity contribution in [2.45, 2.75) is 58.7 Å². The van der Waals surface area contributed by atoms with Crippen LogP contribution in [0.5, 0.6) is 17.2 Å². The maximum Gasteiger partial charge on any atom is 0.242 e. The van der Waals surface area contributed by atoms with Gasteiger partial charge >= 0.3 is 0 Å². The van der Waals surface area contributed by atoms with Crippen LogP contribution in [0.25, 0.3) is 0 Å². The molecule has 0 radical (unpaired) electrons. The topological polar surface area (TPSA) is 77.1 Å². The number of hydrogen-bond acceptors (Lipinski definition) is 5. The third kappa shape index (κ3) is 7.70. The number of aryl methyl sites for hydroxylation is 1. The Labute approximate surface area is 197 Å². The van der Waals surface area contributed by atoms with Crippen molar-refractivity contribution in [1.29, 1.82) is 0 Å². The molecule has 0 saturated heterocycles. The molecule has 0 aliphatic rings. The van der Waals surface area contributed by atoms with E-state index in [2.05, 4.69) is 5.32 Å². The van der Waals surface area contributed by atoms with Crippen LogP contribution in [0.15, 0.2) is 42.5 Å². The molecule has 2 rings (SSSR count). The first-order chi connectivity index (χ1) is 15.6. The molecule has 33 heavy (non-hydrogen) atoms. The van der Waals surface area contributed by atoms with Crippen molar-refractivity contribution >= 4 is 11.8 Å². The quantitative estimate of drug-likeness (QED) is 0.585. The number of carbonyl (C=O) groups is 2. The second-order valence-corrected chi connectivity index (χ2v) is 8.97. The zero-order chi connectivity index (χ0) is 24.6. The van der Waals surface area contributed by atoms with Crippen LogP contribution in [0, 0.1) is 0 Å². The summed E-state index contributed by atoms with van der Waals surface area (Å²) in [5.74, 6) is 1.72. The number of nitrogens with one attached hydrogen (secondary N) is 1. The van der Waals surface area contributed by atoms with Crippen molar-refractivity contribution in [3.05, 3.63) is 53.6 Å². The summed E-state index contributed by atoms with van der Waals surface area (Å²) in [4.78, 5) is 27.8. The van der Waals surface area contributed by atoms with E-state index in [4.69, 9.17) is 14.2 Å². The Hall–Kier alpha value is -3.22. The summed E-state index contributed by atoms with van der Waals surface area (Å²) in [6, 6.07) is 12.5. The number of benzene rings is 2. The molecule has 1 atom stereocenters. The van der Waals surface area contributed by atoms with E-state index in [1.807, 2.05) is 63.2 Å². The third-order valence-corrected chi connectivity index (χ3v) is 5.25. The van der Waals surface area contributed by atoms with Gasteiger partial charge in [0.2, 0.25) is 11.8 Å². The fourth-order valence-corrected chi connectivity index (χ4v) is 3.42. The van der Waals surface area contributed by atoms with Crippen molar-refractivity contribution in [2.24, 2.45) is 0 Å². The van der Waals surface area contributed by atoms with Crippen LogP contribution in [0.1, 0.15) is 45.2 Å². The maximum absolute atomic E-state index is 13.3.